The third-order valence-electron chi connectivity index (χ3n) is 4.01. The van der Waals surface area contributed by atoms with Crippen molar-refractivity contribution >= 4 is 0 Å². The van der Waals surface area contributed by atoms with E-state index in [-0.39, 0.29) is 0 Å². The summed E-state index contributed by atoms with van der Waals surface area (Å²) in [6, 6.07) is 0.696. The molecule has 0 aromatic carbocycles. The van der Waals surface area contributed by atoms with Crippen LogP contribution < -0.4 is 5.32 Å². The van der Waals surface area contributed by atoms with Gasteiger partial charge in [0.1, 0.15) is 0 Å². The first-order valence-electron chi connectivity index (χ1n) is 6.58. The van der Waals surface area contributed by atoms with E-state index in [9.17, 15) is 0 Å². The van der Waals surface area contributed by atoms with Crippen LogP contribution in [-0.4, -0.2) is 62.7 Å². The highest BCUT2D eigenvalue weighted by atomic mass is 15.3. The van der Waals surface area contributed by atoms with Gasteiger partial charge in [-0.15, -0.1) is 0 Å². The van der Waals surface area contributed by atoms with Gasteiger partial charge in [0, 0.05) is 38.8 Å². The SMILES string of the molecule is CCC(C)(CNC)CN1CCN(C)CC1C. The topological polar surface area (TPSA) is 18.5 Å². The maximum absolute atomic E-state index is 3.34. The lowest BCUT2D eigenvalue weighted by atomic mass is 9.86. The van der Waals surface area contributed by atoms with Gasteiger partial charge < -0.3 is 10.2 Å². The Labute approximate surface area is 101 Å². The van der Waals surface area contributed by atoms with E-state index in [1.807, 2.05) is 0 Å². The zero-order valence-corrected chi connectivity index (χ0v) is 11.7. The standard InChI is InChI=1S/C13H29N3/c1-6-13(3,10-14-4)11-16-8-7-15(5)9-12(16)2/h12,14H,6-11H2,1-5H3. The van der Waals surface area contributed by atoms with Crippen LogP contribution in [0.2, 0.25) is 0 Å². The van der Waals surface area contributed by atoms with Crippen molar-refractivity contribution in [1.82, 2.24) is 15.1 Å². The van der Waals surface area contributed by atoms with E-state index >= 15 is 0 Å². The first-order valence-corrected chi connectivity index (χ1v) is 6.58. The Kier molecular flexibility index (Phi) is 5.22. The van der Waals surface area contributed by atoms with Gasteiger partial charge in [-0.25, -0.2) is 0 Å². The molecule has 0 bridgehead atoms. The molecule has 0 amide bonds. The molecule has 2 atom stereocenters. The quantitative estimate of drug-likeness (QED) is 0.763. The molecular weight excluding hydrogens is 198 g/mol. The molecule has 0 aliphatic carbocycles. The van der Waals surface area contributed by atoms with E-state index in [2.05, 4.69) is 50.0 Å². The third-order valence-corrected chi connectivity index (χ3v) is 4.01. The summed E-state index contributed by atoms with van der Waals surface area (Å²) in [6.07, 6.45) is 1.24. The van der Waals surface area contributed by atoms with Gasteiger partial charge in [0.05, 0.1) is 0 Å². The van der Waals surface area contributed by atoms with Crippen LogP contribution in [0.4, 0.5) is 0 Å². The second-order valence-corrected chi connectivity index (χ2v) is 5.78. The Bertz CT molecular complexity index is 207. The Morgan fingerprint density at radius 1 is 1.38 bits per heavy atom. The van der Waals surface area contributed by atoms with Gasteiger partial charge in [-0.1, -0.05) is 13.8 Å². The summed E-state index contributed by atoms with van der Waals surface area (Å²) in [6.45, 7) is 13.0. The molecule has 1 heterocycles. The van der Waals surface area contributed by atoms with E-state index in [0.717, 1.165) is 6.54 Å². The summed E-state index contributed by atoms with van der Waals surface area (Å²) >= 11 is 0. The molecule has 16 heavy (non-hydrogen) atoms. The molecule has 1 saturated heterocycles. The van der Waals surface area contributed by atoms with Crippen LogP contribution in [0.3, 0.4) is 0 Å². The summed E-state index contributed by atoms with van der Waals surface area (Å²) < 4.78 is 0. The van der Waals surface area contributed by atoms with Crippen molar-refractivity contribution in [2.75, 3.05) is 46.8 Å². The molecular formula is C13H29N3. The average Bonchev–Trinajstić information content (AvgIpc) is 2.23. The van der Waals surface area contributed by atoms with E-state index in [1.165, 1.54) is 32.6 Å². The first-order chi connectivity index (χ1) is 7.50. The molecule has 0 saturated carbocycles. The van der Waals surface area contributed by atoms with Gasteiger partial charge in [-0.3, -0.25) is 4.90 Å². The highest BCUT2D eigenvalue weighted by molar-refractivity contribution is 4.85. The normalized spacial score (nSPS) is 27.9. The number of rotatable bonds is 5. The van der Waals surface area contributed by atoms with Crippen molar-refractivity contribution < 1.29 is 0 Å². The summed E-state index contributed by atoms with van der Waals surface area (Å²) in [7, 11) is 4.28. The fraction of sp³-hybridized carbons (Fsp3) is 1.00. The lowest BCUT2D eigenvalue weighted by Gasteiger charge is -2.43. The van der Waals surface area contributed by atoms with Gasteiger partial charge in [-0.05, 0) is 32.9 Å². The first kappa shape index (κ1) is 13.9. The lowest BCUT2D eigenvalue weighted by molar-refractivity contribution is 0.0586. The van der Waals surface area contributed by atoms with Crippen molar-refractivity contribution in [3.8, 4) is 0 Å². The third kappa shape index (κ3) is 3.72. The Morgan fingerprint density at radius 3 is 2.56 bits per heavy atom. The largest absolute Gasteiger partial charge is 0.319 e. The summed E-state index contributed by atoms with van der Waals surface area (Å²) in [5.41, 5.74) is 0.416. The van der Waals surface area contributed by atoms with Crippen molar-refractivity contribution in [3.63, 3.8) is 0 Å². The molecule has 0 aromatic heterocycles. The molecule has 3 nitrogen and oxygen atoms in total. The average molecular weight is 227 g/mol. The van der Waals surface area contributed by atoms with Gasteiger partial charge in [-0.2, -0.15) is 0 Å². The van der Waals surface area contributed by atoms with Gasteiger partial charge in [0.15, 0.2) is 0 Å². The van der Waals surface area contributed by atoms with Crippen LogP contribution in [0.25, 0.3) is 0 Å². The van der Waals surface area contributed by atoms with Crippen molar-refractivity contribution in [3.05, 3.63) is 0 Å². The second kappa shape index (κ2) is 5.99. The number of hydrogen-bond acceptors (Lipinski definition) is 3. The van der Waals surface area contributed by atoms with Crippen molar-refractivity contribution in [2.45, 2.75) is 33.2 Å². The van der Waals surface area contributed by atoms with Crippen molar-refractivity contribution in [2.24, 2.45) is 5.41 Å². The molecule has 1 aliphatic rings. The van der Waals surface area contributed by atoms with Gasteiger partial charge in [0.25, 0.3) is 0 Å². The van der Waals surface area contributed by atoms with Crippen LogP contribution in [0, 0.1) is 5.41 Å². The van der Waals surface area contributed by atoms with E-state index in [4.69, 9.17) is 0 Å². The number of likely N-dealkylation sites (N-methyl/N-ethyl adjacent to an activating group) is 1. The monoisotopic (exact) mass is 227 g/mol. The molecule has 1 rings (SSSR count). The van der Waals surface area contributed by atoms with Crippen LogP contribution in [0.5, 0.6) is 0 Å². The zero-order valence-electron chi connectivity index (χ0n) is 11.7. The molecule has 1 fully saturated rings. The Morgan fingerprint density at radius 2 is 2.06 bits per heavy atom. The Balaban J connectivity index is 2.51. The minimum atomic E-state index is 0.416. The Hall–Kier alpha value is -0.120. The molecule has 3 heteroatoms. The van der Waals surface area contributed by atoms with E-state index in [0.29, 0.717) is 11.5 Å². The molecule has 1 aliphatic heterocycles. The molecule has 0 aromatic rings. The number of piperazine rings is 1. The summed E-state index contributed by atoms with van der Waals surface area (Å²) in [5, 5.41) is 3.34. The highest BCUT2D eigenvalue weighted by Crippen LogP contribution is 2.23. The van der Waals surface area contributed by atoms with E-state index < -0.39 is 0 Å². The maximum Gasteiger partial charge on any atom is 0.0195 e. The highest BCUT2D eigenvalue weighted by Gasteiger charge is 2.29. The van der Waals surface area contributed by atoms with Crippen LogP contribution >= 0.6 is 0 Å². The fourth-order valence-electron chi connectivity index (χ4n) is 2.62. The lowest BCUT2D eigenvalue weighted by Crippen LogP contribution is -2.54. The van der Waals surface area contributed by atoms with Crippen LogP contribution in [-0.2, 0) is 0 Å². The number of hydrogen-bond donors (Lipinski definition) is 1. The second-order valence-electron chi connectivity index (χ2n) is 5.78. The molecule has 0 radical (unpaired) electrons. The van der Waals surface area contributed by atoms with Gasteiger partial charge >= 0.3 is 0 Å². The minimum absolute atomic E-state index is 0.416. The number of nitrogens with zero attached hydrogens (tertiary/aromatic N) is 2. The zero-order chi connectivity index (χ0) is 12.2. The van der Waals surface area contributed by atoms with E-state index in [1.54, 1.807) is 0 Å². The molecule has 0 spiro atoms. The van der Waals surface area contributed by atoms with Crippen LogP contribution in [0.15, 0.2) is 0 Å². The predicted molar refractivity (Wildman–Crippen MR) is 70.9 cm³/mol. The predicted octanol–water partition coefficient (Wildman–Crippen LogP) is 1.26. The minimum Gasteiger partial charge on any atom is -0.319 e. The van der Waals surface area contributed by atoms with Crippen molar-refractivity contribution in [1.29, 1.82) is 0 Å². The van der Waals surface area contributed by atoms with Gasteiger partial charge in [0.2, 0.25) is 0 Å². The summed E-state index contributed by atoms with van der Waals surface area (Å²) in [4.78, 5) is 5.09. The number of nitrogens with one attached hydrogen (secondary N) is 1. The smallest absolute Gasteiger partial charge is 0.0195 e. The van der Waals surface area contributed by atoms with Crippen LogP contribution in [0.1, 0.15) is 27.2 Å². The fourth-order valence-corrected chi connectivity index (χ4v) is 2.62. The molecule has 96 valence electrons. The summed E-state index contributed by atoms with van der Waals surface area (Å²) in [5.74, 6) is 0. The maximum atomic E-state index is 3.34. The molecule has 1 N–H and O–H groups in total. The molecule has 2 unspecified atom stereocenters.